The summed E-state index contributed by atoms with van der Waals surface area (Å²) in [5, 5.41) is 3.20. The van der Waals surface area contributed by atoms with E-state index in [2.05, 4.69) is 5.32 Å². The third-order valence-electron chi connectivity index (χ3n) is 4.67. The average Bonchev–Trinajstić information content (AvgIpc) is 2.74. The molecule has 4 heteroatoms. The van der Waals surface area contributed by atoms with Gasteiger partial charge in [0.1, 0.15) is 0 Å². The van der Waals surface area contributed by atoms with Crippen molar-refractivity contribution in [2.45, 2.75) is 63.8 Å². The number of rotatable bonds is 3. The average molecular weight is 267 g/mol. The number of carbonyl (C=O) groups excluding carboxylic acids is 1. The SMILES string of the molecule is NCC(NC(=O)N1CCCCCC1)C1CCCCC1. The van der Waals surface area contributed by atoms with Gasteiger partial charge in [-0.3, -0.25) is 0 Å². The number of nitrogens with one attached hydrogen (secondary N) is 1. The van der Waals surface area contributed by atoms with Gasteiger partial charge in [-0.2, -0.15) is 0 Å². The van der Waals surface area contributed by atoms with E-state index >= 15 is 0 Å². The highest BCUT2D eigenvalue weighted by molar-refractivity contribution is 5.74. The highest BCUT2D eigenvalue weighted by atomic mass is 16.2. The highest BCUT2D eigenvalue weighted by Crippen LogP contribution is 2.26. The zero-order valence-corrected chi connectivity index (χ0v) is 12.1. The van der Waals surface area contributed by atoms with Gasteiger partial charge in [-0.05, 0) is 31.6 Å². The largest absolute Gasteiger partial charge is 0.334 e. The Labute approximate surface area is 117 Å². The number of amides is 2. The maximum Gasteiger partial charge on any atom is 0.317 e. The van der Waals surface area contributed by atoms with Crippen molar-refractivity contribution in [2.24, 2.45) is 11.7 Å². The Morgan fingerprint density at radius 2 is 1.63 bits per heavy atom. The van der Waals surface area contributed by atoms with Gasteiger partial charge in [0.2, 0.25) is 0 Å². The minimum atomic E-state index is 0.114. The summed E-state index contributed by atoms with van der Waals surface area (Å²) in [7, 11) is 0. The van der Waals surface area contributed by atoms with Crippen molar-refractivity contribution in [3.8, 4) is 0 Å². The van der Waals surface area contributed by atoms with Crippen LogP contribution < -0.4 is 11.1 Å². The van der Waals surface area contributed by atoms with Gasteiger partial charge in [0.25, 0.3) is 0 Å². The minimum Gasteiger partial charge on any atom is -0.334 e. The third kappa shape index (κ3) is 4.37. The molecule has 1 saturated heterocycles. The lowest BCUT2D eigenvalue weighted by Crippen LogP contribution is -2.51. The van der Waals surface area contributed by atoms with Crippen molar-refractivity contribution >= 4 is 6.03 Å². The molecule has 1 aliphatic carbocycles. The maximum absolute atomic E-state index is 12.3. The molecule has 4 nitrogen and oxygen atoms in total. The molecule has 0 spiro atoms. The van der Waals surface area contributed by atoms with E-state index in [1.807, 2.05) is 4.90 Å². The Morgan fingerprint density at radius 1 is 1.05 bits per heavy atom. The van der Waals surface area contributed by atoms with Gasteiger partial charge in [-0.1, -0.05) is 32.1 Å². The number of nitrogens with two attached hydrogens (primary N) is 1. The van der Waals surface area contributed by atoms with Gasteiger partial charge >= 0.3 is 6.03 Å². The molecule has 0 aromatic heterocycles. The van der Waals surface area contributed by atoms with Crippen LogP contribution in [-0.2, 0) is 0 Å². The van der Waals surface area contributed by atoms with Crippen LogP contribution in [0.5, 0.6) is 0 Å². The molecule has 0 aromatic carbocycles. The minimum absolute atomic E-state index is 0.114. The van der Waals surface area contributed by atoms with Crippen LogP contribution in [0.3, 0.4) is 0 Å². The zero-order valence-electron chi connectivity index (χ0n) is 12.1. The van der Waals surface area contributed by atoms with Crippen LogP contribution in [0.1, 0.15) is 57.8 Å². The van der Waals surface area contributed by atoms with E-state index in [1.165, 1.54) is 44.9 Å². The smallest absolute Gasteiger partial charge is 0.317 e. The summed E-state index contributed by atoms with van der Waals surface area (Å²) in [6.45, 7) is 2.39. The topological polar surface area (TPSA) is 58.4 Å². The lowest BCUT2D eigenvalue weighted by Gasteiger charge is -2.32. The molecule has 0 radical (unpaired) electrons. The summed E-state index contributed by atoms with van der Waals surface area (Å²) in [5.74, 6) is 0.592. The predicted molar refractivity (Wildman–Crippen MR) is 78.0 cm³/mol. The van der Waals surface area contributed by atoms with E-state index in [0.717, 1.165) is 25.9 Å². The Balaban J connectivity index is 1.83. The Morgan fingerprint density at radius 3 is 2.21 bits per heavy atom. The number of likely N-dealkylation sites (tertiary alicyclic amines) is 1. The van der Waals surface area contributed by atoms with Crippen LogP contribution in [0.2, 0.25) is 0 Å². The molecule has 19 heavy (non-hydrogen) atoms. The molecule has 0 bridgehead atoms. The van der Waals surface area contributed by atoms with Crippen LogP contribution in [-0.4, -0.2) is 36.6 Å². The number of urea groups is 1. The quantitative estimate of drug-likeness (QED) is 0.825. The summed E-state index contributed by atoms with van der Waals surface area (Å²) in [4.78, 5) is 14.3. The molecule has 2 rings (SSSR count). The standard InChI is InChI=1S/C15H29N3O/c16-12-14(13-8-4-3-5-9-13)17-15(19)18-10-6-1-2-7-11-18/h13-14H,1-12,16H2,(H,17,19). The third-order valence-corrected chi connectivity index (χ3v) is 4.67. The van der Waals surface area contributed by atoms with Crippen LogP contribution >= 0.6 is 0 Å². The Hall–Kier alpha value is -0.770. The number of nitrogens with zero attached hydrogens (tertiary/aromatic N) is 1. The monoisotopic (exact) mass is 267 g/mol. The fourth-order valence-corrected chi connectivity index (χ4v) is 3.43. The summed E-state index contributed by atoms with van der Waals surface area (Å²) in [6, 6.07) is 0.291. The van der Waals surface area contributed by atoms with E-state index in [0.29, 0.717) is 12.5 Å². The van der Waals surface area contributed by atoms with E-state index in [4.69, 9.17) is 5.73 Å². The fourth-order valence-electron chi connectivity index (χ4n) is 3.43. The molecule has 3 N–H and O–H groups in total. The molecule has 1 atom stereocenters. The molecule has 1 saturated carbocycles. The van der Waals surface area contributed by atoms with Gasteiger partial charge in [-0.25, -0.2) is 4.79 Å². The summed E-state index contributed by atoms with van der Waals surface area (Å²) in [5.41, 5.74) is 5.88. The van der Waals surface area contributed by atoms with Crippen LogP contribution in [0.25, 0.3) is 0 Å². The molecule has 2 amide bonds. The highest BCUT2D eigenvalue weighted by Gasteiger charge is 2.25. The van der Waals surface area contributed by atoms with Gasteiger partial charge in [-0.15, -0.1) is 0 Å². The maximum atomic E-state index is 12.3. The molecule has 2 aliphatic rings. The van der Waals surface area contributed by atoms with Crippen molar-refractivity contribution in [1.82, 2.24) is 10.2 Å². The normalized spacial score (nSPS) is 23.7. The molecule has 1 aliphatic heterocycles. The van der Waals surface area contributed by atoms with Gasteiger partial charge in [0, 0.05) is 25.7 Å². The van der Waals surface area contributed by atoms with Crippen LogP contribution in [0.4, 0.5) is 4.79 Å². The first-order valence-corrected chi connectivity index (χ1v) is 8.07. The van der Waals surface area contributed by atoms with E-state index in [-0.39, 0.29) is 12.1 Å². The lowest BCUT2D eigenvalue weighted by molar-refractivity contribution is 0.185. The van der Waals surface area contributed by atoms with Crippen molar-refractivity contribution in [3.05, 3.63) is 0 Å². The molecular formula is C15H29N3O. The predicted octanol–water partition coefficient (Wildman–Crippen LogP) is 2.48. The first-order chi connectivity index (χ1) is 9.31. The Kier molecular flexibility index (Phi) is 5.95. The molecular weight excluding hydrogens is 238 g/mol. The molecule has 1 heterocycles. The van der Waals surface area contributed by atoms with Crippen molar-refractivity contribution in [1.29, 1.82) is 0 Å². The summed E-state index contributed by atoms with van der Waals surface area (Å²) >= 11 is 0. The van der Waals surface area contributed by atoms with Crippen molar-refractivity contribution in [3.63, 3.8) is 0 Å². The zero-order chi connectivity index (χ0) is 13.5. The second-order valence-corrected chi connectivity index (χ2v) is 6.09. The summed E-state index contributed by atoms with van der Waals surface area (Å²) in [6.07, 6.45) is 11.2. The van der Waals surface area contributed by atoms with E-state index in [1.54, 1.807) is 0 Å². The fraction of sp³-hybridized carbons (Fsp3) is 0.933. The second kappa shape index (κ2) is 7.73. The lowest BCUT2D eigenvalue weighted by atomic mass is 9.84. The molecule has 0 aromatic rings. The van der Waals surface area contributed by atoms with E-state index in [9.17, 15) is 4.79 Å². The molecule has 110 valence electrons. The first-order valence-electron chi connectivity index (χ1n) is 8.07. The van der Waals surface area contributed by atoms with Crippen molar-refractivity contribution < 1.29 is 4.79 Å². The molecule has 2 fully saturated rings. The Bertz CT molecular complexity index is 269. The number of hydrogen-bond acceptors (Lipinski definition) is 2. The van der Waals surface area contributed by atoms with Gasteiger partial charge in [0.15, 0.2) is 0 Å². The van der Waals surface area contributed by atoms with Gasteiger partial charge < -0.3 is 16.0 Å². The summed E-state index contributed by atoms with van der Waals surface area (Å²) < 4.78 is 0. The van der Waals surface area contributed by atoms with E-state index < -0.39 is 0 Å². The van der Waals surface area contributed by atoms with Crippen LogP contribution in [0, 0.1) is 5.92 Å². The van der Waals surface area contributed by atoms with Crippen molar-refractivity contribution in [2.75, 3.05) is 19.6 Å². The van der Waals surface area contributed by atoms with Crippen LogP contribution in [0.15, 0.2) is 0 Å². The second-order valence-electron chi connectivity index (χ2n) is 6.09. The molecule has 1 unspecified atom stereocenters. The van der Waals surface area contributed by atoms with Gasteiger partial charge in [0.05, 0.1) is 0 Å². The first kappa shape index (κ1) is 14.6. The number of hydrogen-bond donors (Lipinski definition) is 2. The number of carbonyl (C=O) groups is 1.